The average molecular weight is 123 g/mol. The standard InChI is InChI=1S/C8H13N/c1-4-8(2)6-5-7-9-3/h1,6,9H,5,7H2,2-3H3. The minimum absolute atomic E-state index is 0.999. The Bertz CT molecular complexity index is 128. The van der Waals surface area contributed by atoms with Gasteiger partial charge in [-0.15, -0.1) is 6.42 Å². The summed E-state index contributed by atoms with van der Waals surface area (Å²) in [6.07, 6.45) is 8.19. The molecular weight excluding hydrogens is 110 g/mol. The Kier molecular flexibility index (Phi) is 4.95. The van der Waals surface area contributed by atoms with Gasteiger partial charge in [0, 0.05) is 0 Å². The lowest BCUT2D eigenvalue weighted by Gasteiger charge is -1.91. The van der Waals surface area contributed by atoms with Gasteiger partial charge < -0.3 is 5.32 Å². The van der Waals surface area contributed by atoms with Crippen LogP contribution in [0.1, 0.15) is 13.3 Å². The van der Waals surface area contributed by atoms with E-state index in [1.54, 1.807) is 0 Å². The van der Waals surface area contributed by atoms with E-state index in [0.717, 1.165) is 18.5 Å². The third-order valence-electron chi connectivity index (χ3n) is 1.07. The van der Waals surface area contributed by atoms with Crippen LogP contribution in [0, 0.1) is 12.3 Å². The molecule has 0 saturated carbocycles. The van der Waals surface area contributed by atoms with Crippen LogP contribution in [0.15, 0.2) is 11.6 Å². The van der Waals surface area contributed by atoms with E-state index >= 15 is 0 Å². The third kappa shape index (κ3) is 5.13. The molecule has 0 aliphatic rings. The van der Waals surface area contributed by atoms with Crippen molar-refractivity contribution in [2.45, 2.75) is 13.3 Å². The van der Waals surface area contributed by atoms with Crippen LogP contribution in [0.3, 0.4) is 0 Å². The summed E-state index contributed by atoms with van der Waals surface area (Å²) in [5.41, 5.74) is 1.02. The maximum Gasteiger partial charge on any atom is -0.00168 e. The van der Waals surface area contributed by atoms with E-state index in [1.165, 1.54) is 0 Å². The van der Waals surface area contributed by atoms with E-state index in [9.17, 15) is 0 Å². The quantitative estimate of drug-likeness (QED) is 0.439. The van der Waals surface area contributed by atoms with Crippen LogP contribution in [0.4, 0.5) is 0 Å². The van der Waals surface area contributed by atoms with Crippen molar-refractivity contribution in [1.82, 2.24) is 5.32 Å². The third-order valence-corrected chi connectivity index (χ3v) is 1.07. The molecule has 0 aliphatic heterocycles. The summed E-state index contributed by atoms with van der Waals surface area (Å²) < 4.78 is 0. The van der Waals surface area contributed by atoms with Gasteiger partial charge in [0.25, 0.3) is 0 Å². The van der Waals surface area contributed by atoms with Crippen molar-refractivity contribution in [2.24, 2.45) is 0 Å². The Balaban J connectivity index is 3.35. The fourth-order valence-electron chi connectivity index (χ4n) is 0.492. The highest BCUT2D eigenvalue weighted by Crippen LogP contribution is 1.90. The molecule has 1 N–H and O–H groups in total. The minimum Gasteiger partial charge on any atom is -0.319 e. The fourth-order valence-corrected chi connectivity index (χ4v) is 0.492. The molecule has 0 saturated heterocycles. The summed E-state index contributed by atoms with van der Waals surface area (Å²) in [5.74, 6) is 2.56. The van der Waals surface area contributed by atoms with E-state index in [0.29, 0.717) is 0 Å². The Morgan fingerprint density at radius 2 is 2.44 bits per heavy atom. The van der Waals surface area contributed by atoms with Gasteiger partial charge in [0.2, 0.25) is 0 Å². The van der Waals surface area contributed by atoms with Gasteiger partial charge in [-0.2, -0.15) is 0 Å². The second kappa shape index (κ2) is 5.40. The van der Waals surface area contributed by atoms with E-state index in [1.807, 2.05) is 14.0 Å². The van der Waals surface area contributed by atoms with Crippen molar-refractivity contribution in [3.8, 4) is 12.3 Å². The topological polar surface area (TPSA) is 12.0 Å². The number of hydrogen-bond donors (Lipinski definition) is 1. The first-order valence-corrected chi connectivity index (χ1v) is 3.09. The van der Waals surface area contributed by atoms with Crippen molar-refractivity contribution in [3.63, 3.8) is 0 Å². The smallest absolute Gasteiger partial charge is 0.00168 e. The van der Waals surface area contributed by atoms with Gasteiger partial charge in [0.1, 0.15) is 0 Å². The molecule has 0 unspecified atom stereocenters. The van der Waals surface area contributed by atoms with Crippen LogP contribution in [0.2, 0.25) is 0 Å². The van der Waals surface area contributed by atoms with Crippen LogP contribution in [0.5, 0.6) is 0 Å². The van der Waals surface area contributed by atoms with E-state index in [4.69, 9.17) is 6.42 Å². The number of terminal acetylenes is 1. The highest BCUT2D eigenvalue weighted by atomic mass is 14.8. The van der Waals surface area contributed by atoms with Crippen molar-refractivity contribution in [1.29, 1.82) is 0 Å². The number of hydrogen-bond acceptors (Lipinski definition) is 1. The molecule has 50 valence electrons. The fraction of sp³-hybridized carbons (Fsp3) is 0.500. The molecule has 0 aromatic carbocycles. The maximum atomic E-state index is 5.12. The summed E-state index contributed by atoms with van der Waals surface area (Å²) in [6.45, 7) is 2.94. The van der Waals surface area contributed by atoms with Crippen molar-refractivity contribution < 1.29 is 0 Å². The van der Waals surface area contributed by atoms with Gasteiger partial charge in [-0.05, 0) is 32.5 Å². The van der Waals surface area contributed by atoms with Gasteiger partial charge in [0.05, 0.1) is 0 Å². The highest BCUT2D eigenvalue weighted by molar-refractivity contribution is 5.22. The van der Waals surface area contributed by atoms with E-state index < -0.39 is 0 Å². The summed E-state index contributed by atoms with van der Waals surface area (Å²) in [4.78, 5) is 0. The largest absolute Gasteiger partial charge is 0.319 e. The summed E-state index contributed by atoms with van der Waals surface area (Å²) in [6, 6.07) is 0. The van der Waals surface area contributed by atoms with E-state index in [-0.39, 0.29) is 0 Å². The van der Waals surface area contributed by atoms with E-state index in [2.05, 4.69) is 17.3 Å². The summed E-state index contributed by atoms with van der Waals surface area (Å²) in [5, 5.41) is 3.03. The Morgan fingerprint density at radius 3 is 2.89 bits per heavy atom. The first-order valence-electron chi connectivity index (χ1n) is 3.09. The lowest BCUT2D eigenvalue weighted by Crippen LogP contribution is -2.05. The molecule has 1 heteroatoms. The lowest BCUT2D eigenvalue weighted by molar-refractivity contribution is 0.806. The molecule has 0 aromatic rings. The minimum atomic E-state index is 0.999. The molecule has 0 bridgehead atoms. The monoisotopic (exact) mass is 123 g/mol. The Labute approximate surface area is 57.2 Å². The zero-order valence-electron chi connectivity index (χ0n) is 6.07. The Morgan fingerprint density at radius 1 is 1.78 bits per heavy atom. The molecule has 0 radical (unpaired) electrons. The summed E-state index contributed by atoms with van der Waals surface area (Å²) in [7, 11) is 1.93. The van der Waals surface area contributed by atoms with Crippen LogP contribution in [-0.2, 0) is 0 Å². The first kappa shape index (κ1) is 8.26. The molecule has 1 nitrogen and oxygen atoms in total. The SMILES string of the molecule is C#CC(C)=CCCNC. The van der Waals surface area contributed by atoms with Crippen LogP contribution >= 0.6 is 0 Å². The molecule has 0 rings (SSSR count). The zero-order chi connectivity index (χ0) is 7.11. The molecule has 0 atom stereocenters. The van der Waals surface area contributed by atoms with Crippen molar-refractivity contribution >= 4 is 0 Å². The molecule has 0 spiro atoms. The van der Waals surface area contributed by atoms with Crippen molar-refractivity contribution in [2.75, 3.05) is 13.6 Å². The normalized spacial score (nSPS) is 11.0. The number of rotatable bonds is 3. The predicted octanol–water partition coefficient (Wildman–Crippen LogP) is 1.18. The number of allylic oxidation sites excluding steroid dienone is 1. The highest BCUT2D eigenvalue weighted by Gasteiger charge is 1.79. The first-order chi connectivity index (χ1) is 4.31. The van der Waals surface area contributed by atoms with Gasteiger partial charge >= 0.3 is 0 Å². The predicted molar refractivity (Wildman–Crippen MR) is 41.1 cm³/mol. The van der Waals surface area contributed by atoms with Gasteiger partial charge in [0.15, 0.2) is 0 Å². The second-order valence-electron chi connectivity index (χ2n) is 1.92. The molecule has 0 aliphatic carbocycles. The van der Waals surface area contributed by atoms with Crippen LogP contribution < -0.4 is 5.32 Å². The molecule has 0 fully saturated rings. The number of nitrogens with one attached hydrogen (secondary N) is 1. The van der Waals surface area contributed by atoms with Gasteiger partial charge in [-0.25, -0.2) is 0 Å². The van der Waals surface area contributed by atoms with Crippen LogP contribution in [-0.4, -0.2) is 13.6 Å². The second-order valence-corrected chi connectivity index (χ2v) is 1.92. The van der Waals surface area contributed by atoms with Gasteiger partial charge in [-0.1, -0.05) is 12.0 Å². The zero-order valence-corrected chi connectivity index (χ0v) is 6.07. The summed E-state index contributed by atoms with van der Waals surface area (Å²) >= 11 is 0. The molecule has 9 heavy (non-hydrogen) atoms. The van der Waals surface area contributed by atoms with Gasteiger partial charge in [-0.3, -0.25) is 0 Å². The molecule has 0 amide bonds. The van der Waals surface area contributed by atoms with Crippen LogP contribution in [0.25, 0.3) is 0 Å². The molecule has 0 heterocycles. The van der Waals surface area contributed by atoms with Crippen molar-refractivity contribution in [3.05, 3.63) is 11.6 Å². The average Bonchev–Trinajstić information content (AvgIpc) is 1.89. The Hall–Kier alpha value is -0.740. The lowest BCUT2D eigenvalue weighted by atomic mass is 10.2. The maximum absolute atomic E-state index is 5.12. The molecule has 0 aromatic heterocycles. The molecular formula is C8H13N.